The van der Waals surface area contributed by atoms with Gasteiger partial charge in [-0.05, 0) is 42.5 Å². The lowest BCUT2D eigenvalue weighted by atomic mass is 10.2. The summed E-state index contributed by atoms with van der Waals surface area (Å²) < 4.78 is 12.9. The van der Waals surface area contributed by atoms with Gasteiger partial charge in [0.2, 0.25) is 0 Å². The Kier molecular flexibility index (Phi) is 3.14. The maximum atomic E-state index is 12.9. The molecule has 4 N–H and O–H groups in total. The summed E-state index contributed by atoms with van der Waals surface area (Å²) in [5, 5.41) is 11.7. The molecule has 0 aliphatic heterocycles. The molecule has 0 atom stereocenters. The Balaban J connectivity index is 2.16. The second-order valence-electron chi connectivity index (χ2n) is 3.74. The fourth-order valence-electron chi connectivity index (χ4n) is 1.43. The number of benzene rings is 2. The van der Waals surface area contributed by atoms with Crippen molar-refractivity contribution >= 4 is 17.3 Å². The zero-order chi connectivity index (χ0) is 13.1. The number of rotatable bonds is 2. The number of anilines is 2. The number of halogens is 1. The number of carbonyl (C=O) groups is 1. The van der Waals surface area contributed by atoms with Gasteiger partial charge in [0, 0.05) is 11.3 Å². The van der Waals surface area contributed by atoms with Crippen molar-refractivity contribution in [1.82, 2.24) is 0 Å². The van der Waals surface area contributed by atoms with Crippen LogP contribution < -0.4 is 11.1 Å². The van der Waals surface area contributed by atoms with Gasteiger partial charge in [-0.3, -0.25) is 4.79 Å². The van der Waals surface area contributed by atoms with E-state index in [0.717, 1.165) is 6.07 Å². The molecule has 2 aromatic rings. The Hall–Kier alpha value is -2.56. The zero-order valence-electron chi connectivity index (χ0n) is 9.35. The fourth-order valence-corrected chi connectivity index (χ4v) is 1.43. The predicted octanol–water partition coefficient (Wildman–Crippen LogP) is 2.37. The van der Waals surface area contributed by atoms with Crippen LogP contribution in [-0.4, -0.2) is 11.0 Å². The van der Waals surface area contributed by atoms with E-state index in [9.17, 15) is 9.18 Å². The number of hydrogen-bond acceptors (Lipinski definition) is 3. The van der Waals surface area contributed by atoms with Gasteiger partial charge < -0.3 is 16.2 Å². The van der Waals surface area contributed by atoms with Gasteiger partial charge in [-0.2, -0.15) is 0 Å². The van der Waals surface area contributed by atoms with Crippen LogP contribution in [0.25, 0.3) is 0 Å². The molecule has 2 rings (SSSR count). The Bertz CT molecular complexity index is 582. The maximum Gasteiger partial charge on any atom is 0.255 e. The van der Waals surface area contributed by atoms with E-state index in [1.807, 2.05) is 0 Å². The molecule has 0 unspecified atom stereocenters. The molecule has 0 aliphatic rings. The van der Waals surface area contributed by atoms with Crippen LogP contribution in [0.1, 0.15) is 10.4 Å². The lowest BCUT2D eigenvalue weighted by Gasteiger charge is -2.06. The van der Waals surface area contributed by atoms with Crippen molar-refractivity contribution in [3.05, 3.63) is 53.8 Å². The summed E-state index contributed by atoms with van der Waals surface area (Å²) in [5.74, 6) is -0.845. The highest BCUT2D eigenvalue weighted by atomic mass is 19.1. The Morgan fingerprint density at radius 3 is 2.44 bits per heavy atom. The topological polar surface area (TPSA) is 75.4 Å². The van der Waals surface area contributed by atoms with Gasteiger partial charge in [-0.1, -0.05) is 0 Å². The van der Waals surface area contributed by atoms with Crippen LogP contribution >= 0.6 is 0 Å². The van der Waals surface area contributed by atoms with Gasteiger partial charge >= 0.3 is 0 Å². The molecule has 2 aromatic carbocycles. The smallest absolute Gasteiger partial charge is 0.255 e. The molecular weight excluding hydrogens is 235 g/mol. The third kappa shape index (κ3) is 2.57. The van der Waals surface area contributed by atoms with E-state index in [-0.39, 0.29) is 17.0 Å². The summed E-state index contributed by atoms with van der Waals surface area (Å²) >= 11 is 0. The minimum absolute atomic E-state index is 0.0756. The largest absolute Gasteiger partial charge is 0.508 e. The molecule has 0 fully saturated rings. The minimum Gasteiger partial charge on any atom is -0.508 e. The number of aromatic hydroxyl groups is 1. The predicted molar refractivity (Wildman–Crippen MR) is 66.9 cm³/mol. The highest BCUT2D eigenvalue weighted by Crippen LogP contribution is 2.16. The van der Waals surface area contributed by atoms with Gasteiger partial charge in [0.25, 0.3) is 5.91 Å². The van der Waals surface area contributed by atoms with Gasteiger partial charge in [-0.25, -0.2) is 4.39 Å². The van der Waals surface area contributed by atoms with Crippen LogP contribution in [0.2, 0.25) is 0 Å². The number of nitrogens with two attached hydrogens (primary N) is 1. The molecular formula is C13H11FN2O2. The summed E-state index contributed by atoms with van der Waals surface area (Å²) in [4.78, 5) is 11.8. The fraction of sp³-hybridized carbons (Fsp3) is 0. The lowest BCUT2D eigenvalue weighted by Crippen LogP contribution is -2.12. The first kappa shape index (κ1) is 11.9. The number of hydrogen-bond donors (Lipinski definition) is 3. The van der Waals surface area contributed by atoms with Crippen molar-refractivity contribution in [2.24, 2.45) is 0 Å². The van der Waals surface area contributed by atoms with Gasteiger partial charge in [0.1, 0.15) is 11.6 Å². The maximum absolute atomic E-state index is 12.9. The average molecular weight is 246 g/mol. The summed E-state index contributed by atoms with van der Waals surface area (Å²) in [7, 11) is 0. The van der Waals surface area contributed by atoms with Crippen LogP contribution in [0.3, 0.4) is 0 Å². The first-order valence-corrected chi connectivity index (χ1v) is 5.21. The van der Waals surface area contributed by atoms with Crippen LogP contribution in [0.15, 0.2) is 42.5 Å². The van der Waals surface area contributed by atoms with Crippen molar-refractivity contribution in [1.29, 1.82) is 0 Å². The molecule has 0 heterocycles. The van der Waals surface area contributed by atoms with E-state index in [0.29, 0.717) is 5.69 Å². The highest BCUT2D eigenvalue weighted by molar-refractivity contribution is 6.04. The van der Waals surface area contributed by atoms with E-state index in [2.05, 4.69) is 5.32 Å². The third-order valence-corrected chi connectivity index (χ3v) is 2.38. The standard InChI is InChI=1S/C13H11FN2O2/c14-11-6-1-8(7-12(11)15)13(18)16-9-2-4-10(17)5-3-9/h1-7,17H,15H2,(H,16,18). The molecule has 5 heteroatoms. The zero-order valence-corrected chi connectivity index (χ0v) is 9.35. The summed E-state index contributed by atoms with van der Waals surface area (Å²) in [6.45, 7) is 0. The second-order valence-corrected chi connectivity index (χ2v) is 3.74. The molecule has 4 nitrogen and oxygen atoms in total. The van der Waals surface area contributed by atoms with Crippen molar-refractivity contribution in [2.45, 2.75) is 0 Å². The summed E-state index contributed by atoms with van der Waals surface area (Å²) in [5.41, 5.74) is 6.10. The Morgan fingerprint density at radius 1 is 1.17 bits per heavy atom. The highest BCUT2D eigenvalue weighted by Gasteiger charge is 2.08. The van der Waals surface area contributed by atoms with E-state index in [1.54, 1.807) is 12.1 Å². The molecule has 92 valence electrons. The number of nitrogen functional groups attached to an aromatic ring is 1. The van der Waals surface area contributed by atoms with Gasteiger partial charge in [-0.15, -0.1) is 0 Å². The SMILES string of the molecule is Nc1cc(C(=O)Nc2ccc(O)cc2)ccc1F. The summed E-state index contributed by atoms with van der Waals surface area (Å²) in [6, 6.07) is 9.77. The van der Waals surface area contributed by atoms with E-state index < -0.39 is 11.7 Å². The number of nitrogens with one attached hydrogen (secondary N) is 1. The second kappa shape index (κ2) is 4.75. The van der Waals surface area contributed by atoms with Crippen LogP contribution in [-0.2, 0) is 0 Å². The molecule has 0 radical (unpaired) electrons. The minimum atomic E-state index is -0.559. The van der Waals surface area contributed by atoms with Crippen LogP contribution in [0.4, 0.5) is 15.8 Å². The van der Waals surface area contributed by atoms with Crippen LogP contribution in [0.5, 0.6) is 5.75 Å². The summed E-state index contributed by atoms with van der Waals surface area (Å²) in [6.07, 6.45) is 0. The normalized spacial score (nSPS) is 10.1. The number of phenols is 1. The lowest BCUT2D eigenvalue weighted by molar-refractivity contribution is 0.102. The van der Waals surface area contributed by atoms with E-state index in [1.165, 1.54) is 24.3 Å². The molecule has 0 aromatic heterocycles. The third-order valence-electron chi connectivity index (χ3n) is 2.38. The van der Waals surface area contributed by atoms with Crippen molar-refractivity contribution < 1.29 is 14.3 Å². The van der Waals surface area contributed by atoms with E-state index in [4.69, 9.17) is 10.8 Å². The molecule has 0 spiro atoms. The van der Waals surface area contributed by atoms with Crippen molar-refractivity contribution in [3.63, 3.8) is 0 Å². The van der Waals surface area contributed by atoms with Crippen molar-refractivity contribution in [3.8, 4) is 5.75 Å². The van der Waals surface area contributed by atoms with Crippen molar-refractivity contribution in [2.75, 3.05) is 11.1 Å². The van der Waals surface area contributed by atoms with Crippen LogP contribution in [0, 0.1) is 5.82 Å². The average Bonchev–Trinajstić information content (AvgIpc) is 2.35. The molecule has 0 bridgehead atoms. The number of phenolic OH excluding ortho intramolecular Hbond substituents is 1. The molecule has 18 heavy (non-hydrogen) atoms. The molecule has 0 saturated heterocycles. The quantitative estimate of drug-likeness (QED) is 0.562. The molecule has 0 aliphatic carbocycles. The Morgan fingerprint density at radius 2 is 1.83 bits per heavy atom. The molecule has 0 saturated carbocycles. The molecule has 1 amide bonds. The first-order chi connectivity index (χ1) is 8.56. The monoisotopic (exact) mass is 246 g/mol. The number of amides is 1. The first-order valence-electron chi connectivity index (χ1n) is 5.21. The van der Waals surface area contributed by atoms with Gasteiger partial charge in [0.15, 0.2) is 0 Å². The van der Waals surface area contributed by atoms with Gasteiger partial charge in [0.05, 0.1) is 5.69 Å². The number of carbonyl (C=O) groups excluding carboxylic acids is 1. The van der Waals surface area contributed by atoms with E-state index >= 15 is 0 Å². The Labute approximate surface area is 103 Å².